The molecule has 0 saturated heterocycles. The third-order valence-corrected chi connectivity index (χ3v) is 1.66. The van der Waals surface area contributed by atoms with E-state index < -0.39 is 37.0 Å². The number of hydrogen-bond donors (Lipinski definition) is 0. The summed E-state index contributed by atoms with van der Waals surface area (Å²) in [5.41, 5.74) is 0. The summed E-state index contributed by atoms with van der Waals surface area (Å²) < 4.78 is 96.9. The van der Waals surface area contributed by atoms with Gasteiger partial charge in [0.2, 0.25) is 6.17 Å². The monoisotopic (exact) mass is 243 g/mol. The van der Waals surface area contributed by atoms with Crippen molar-refractivity contribution < 1.29 is 35.1 Å². The van der Waals surface area contributed by atoms with Crippen molar-refractivity contribution in [3.8, 4) is 0 Å². The fraction of sp³-hybridized carbons (Fsp3) is 0.857. The van der Waals surface area contributed by atoms with Gasteiger partial charge in [0, 0.05) is 0 Å². The Balaban J connectivity index is 4.95. The first kappa shape index (κ1) is 14.4. The minimum absolute atomic E-state index is 1.06. The Morgan fingerprint density at radius 2 is 1.27 bits per heavy atom. The zero-order valence-electron chi connectivity index (χ0n) is 7.17. The Hall–Kier alpha value is -0.560. The lowest BCUT2D eigenvalue weighted by Gasteiger charge is -2.29. The predicted molar refractivity (Wildman–Crippen MR) is 35.7 cm³/mol. The highest BCUT2D eigenvalue weighted by molar-refractivity contribution is 4.96. The van der Waals surface area contributed by atoms with Crippen LogP contribution in [0.2, 0.25) is 0 Å². The van der Waals surface area contributed by atoms with Gasteiger partial charge in [0.05, 0.1) is 0 Å². The second-order valence-electron chi connectivity index (χ2n) is 2.75. The van der Waals surface area contributed by atoms with E-state index >= 15 is 0 Å². The molecule has 0 aromatic rings. The van der Waals surface area contributed by atoms with Gasteiger partial charge in [-0.2, -0.15) is 17.6 Å². The van der Waals surface area contributed by atoms with E-state index in [0.29, 0.717) is 0 Å². The topological polar surface area (TPSA) is 0 Å². The van der Waals surface area contributed by atoms with Crippen molar-refractivity contribution in [2.45, 2.75) is 37.0 Å². The van der Waals surface area contributed by atoms with Crippen molar-refractivity contribution in [1.29, 1.82) is 0 Å². The molecule has 0 rings (SSSR count). The van der Waals surface area contributed by atoms with Crippen molar-refractivity contribution in [2.75, 3.05) is 0 Å². The van der Waals surface area contributed by atoms with Crippen LogP contribution in [0.3, 0.4) is 0 Å². The summed E-state index contributed by atoms with van der Waals surface area (Å²) in [6.45, 7) is 2.67. The maximum absolute atomic E-state index is 12.5. The second kappa shape index (κ2) is 4.52. The molecule has 0 N–H and O–H groups in total. The van der Waals surface area contributed by atoms with E-state index in [-0.39, 0.29) is 0 Å². The molecule has 1 unspecified atom stereocenters. The first-order chi connectivity index (χ1) is 6.59. The number of halogens is 8. The smallest absolute Gasteiger partial charge is 0.244 e. The van der Waals surface area contributed by atoms with Gasteiger partial charge in [0.15, 0.2) is 0 Å². The van der Waals surface area contributed by atoms with E-state index in [4.69, 9.17) is 0 Å². The Kier molecular flexibility index (Phi) is 4.36. The molecule has 0 aromatic carbocycles. The van der Waals surface area contributed by atoms with Gasteiger partial charge in [-0.15, -0.1) is 0 Å². The molecule has 1 radical (unpaired) electrons. The Bertz CT molecular complexity index is 201. The summed E-state index contributed by atoms with van der Waals surface area (Å²) in [6.07, 6.45) is -12.9. The first-order valence-electron chi connectivity index (χ1n) is 3.70. The molecule has 0 fully saturated rings. The Morgan fingerprint density at radius 1 is 0.867 bits per heavy atom. The third-order valence-electron chi connectivity index (χ3n) is 1.66. The molecule has 0 heterocycles. The van der Waals surface area contributed by atoms with E-state index in [0.717, 1.165) is 0 Å². The van der Waals surface area contributed by atoms with E-state index in [1.54, 1.807) is 0 Å². The van der Waals surface area contributed by atoms with E-state index in [1.807, 2.05) is 0 Å². The van der Waals surface area contributed by atoms with Crippen LogP contribution in [-0.4, -0.2) is 30.6 Å². The fourth-order valence-corrected chi connectivity index (χ4v) is 0.703. The van der Waals surface area contributed by atoms with Gasteiger partial charge in [0.1, 0.15) is 6.17 Å². The van der Waals surface area contributed by atoms with Gasteiger partial charge in [0.25, 0.3) is 0 Å². The number of rotatable bonds is 5. The SMILES string of the molecule is [CH2]CC(F)[C@H](F)C(F)(F)C(F)(F)C(F)F. The minimum atomic E-state index is -5.91. The van der Waals surface area contributed by atoms with Crippen molar-refractivity contribution in [3.63, 3.8) is 0 Å². The summed E-state index contributed by atoms with van der Waals surface area (Å²) in [5, 5.41) is 0. The molecule has 0 aliphatic rings. The number of hydrogen-bond acceptors (Lipinski definition) is 0. The molecule has 91 valence electrons. The third kappa shape index (κ3) is 2.52. The lowest BCUT2D eigenvalue weighted by Crippen LogP contribution is -2.55. The van der Waals surface area contributed by atoms with E-state index in [2.05, 4.69) is 6.92 Å². The summed E-state index contributed by atoms with van der Waals surface area (Å²) >= 11 is 0. The van der Waals surface area contributed by atoms with Crippen molar-refractivity contribution >= 4 is 0 Å². The van der Waals surface area contributed by atoms with Crippen LogP contribution in [0, 0.1) is 6.92 Å². The van der Waals surface area contributed by atoms with Crippen LogP contribution >= 0.6 is 0 Å². The van der Waals surface area contributed by atoms with Gasteiger partial charge in [-0.1, -0.05) is 6.92 Å². The summed E-state index contributed by atoms with van der Waals surface area (Å²) in [4.78, 5) is 0. The maximum atomic E-state index is 12.5. The van der Waals surface area contributed by atoms with Crippen LogP contribution in [0.5, 0.6) is 0 Å². The molecular weight excluding hydrogens is 236 g/mol. The van der Waals surface area contributed by atoms with Crippen LogP contribution in [0.15, 0.2) is 0 Å². The lowest BCUT2D eigenvalue weighted by atomic mass is 10.0. The fourth-order valence-electron chi connectivity index (χ4n) is 0.703. The van der Waals surface area contributed by atoms with Crippen LogP contribution in [0.4, 0.5) is 35.1 Å². The highest BCUT2D eigenvalue weighted by atomic mass is 19.3. The summed E-state index contributed by atoms with van der Waals surface area (Å²) in [6, 6.07) is 0. The molecule has 0 aliphatic heterocycles. The molecule has 0 nitrogen and oxygen atoms in total. The van der Waals surface area contributed by atoms with Crippen molar-refractivity contribution in [1.82, 2.24) is 0 Å². The normalized spacial score (nSPS) is 18.0. The van der Waals surface area contributed by atoms with Gasteiger partial charge in [-0.05, 0) is 6.42 Å². The first-order valence-corrected chi connectivity index (χ1v) is 3.70. The largest absolute Gasteiger partial charge is 0.372 e. The predicted octanol–water partition coefficient (Wildman–Crippen LogP) is 3.42. The summed E-state index contributed by atoms with van der Waals surface area (Å²) in [7, 11) is 0. The molecule has 0 aromatic heterocycles. The lowest BCUT2D eigenvalue weighted by molar-refractivity contribution is -0.291. The average molecular weight is 243 g/mol. The molecule has 2 atom stereocenters. The average Bonchev–Trinajstić information content (AvgIpc) is 2.14. The van der Waals surface area contributed by atoms with Crippen LogP contribution < -0.4 is 0 Å². The maximum Gasteiger partial charge on any atom is 0.372 e. The zero-order valence-corrected chi connectivity index (χ0v) is 7.17. The standard InChI is InChI=1S/C7H7F8/c1-2-3(8)4(9)6(12,13)7(14,15)5(10)11/h3-5H,1-2H2/t3?,4-/m0/s1. The van der Waals surface area contributed by atoms with Crippen LogP contribution in [0.25, 0.3) is 0 Å². The van der Waals surface area contributed by atoms with Gasteiger partial charge >= 0.3 is 18.3 Å². The highest BCUT2D eigenvalue weighted by Gasteiger charge is 2.68. The van der Waals surface area contributed by atoms with Crippen LogP contribution in [0.1, 0.15) is 6.42 Å². The van der Waals surface area contributed by atoms with Gasteiger partial charge < -0.3 is 0 Å². The minimum Gasteiger partial charge on any atom is -0.244 e. The molecule has 15 heavy (non-hydrogen) atoms. The van der Waals surface area contributed by atoms with E-state index in [1.165, 1.54) is 0 Å². The van der Waals surface area contributed by atoms with Crippen molar-refractivity contribution in [3.05, 3.63) is 6.92 Å². The molecule has 0 saturated carbocycles. The molecule has 0 bridgehead atoms. The van der Waals surface area contributed by atoms with Gasteiger partial charge in [-0.25, -0.2) is 17.6 Å². The van der Waals surface area contributed by atoms with Crippen LogP contribution in [-0.2, 0) is 0 Å². The zero-order chi connectivity index (χ0) is 12.4. The summed E-state index contributed by atoms with van der Waals surface area (Å²) in [5.74, 6) is -11.7. The Labute approximate surface area is 80.3 Å². The van der Waals surface area contributed by atoms with Crippen molar-refractivity contribution in [2.24, 2.45) is 0 Å². The molecule has 0 amide bonds. The number of alkyl halides is 8. The quantitative estimate of drug-likeness (QED) is 0.649. The van der Waals surface area contributed by atoms with E-state index in [9.17, 15) is 35.1 Å². The molecule has 8 heteroatoms. The van der Waals surface area contributed by atoms with Gasteiger partial charge in [-0.3, -0.25) is 0 Å². The second-order valence-corrected chi connectivity index (χ2v) is 2.75. The molecule has 0 spiro atoms. The highest BCUT2D eigenvalue weighted by Crippen LogP contribution is 2.44. The molecular formula is C7H7F8. The Morgan fingerprint density at radius 3 is 1.53 bits per heavy atom. The molecule has 0 aliphatic carbocycles.